The van der Waals surface area contributed by atoms with Crippen molar-refractivity contribution in [2.75, 3.05) is 70.1 Å². The number of carbonyl (C=O) groups is 4. The monoisotopic (exact) mass is 992 g/mol. The van der Waals surface area contributed by atoms with Crippen molar-refractivity contribution in [1.82, 2.24) is 14.8 Å². The molecule has 2 N–H and O–H groups in total. The van der Waals surface area contributed by atoms with Crippen LogP contribution in [-0.4, -0.2) is 123 Å². The van der Waals surface area contributed by atoms with Gasteiger partial charge in [-0.3, -0.25) is 29.8 Å². The number of carbonyl (C=O) groups excluding carboxylic acids is 4. The highest BCUT2D eigenvalue weighted by Gasteiger charge is 2.42. The Bertz CT molecular complexity index is 2410. The van der Waals surface area contributed by atoms with Crippen LogP contribution in [0.3, 0.4) is 0 Å². The molecule has 2 fully saturated rings. The molecule has 0 aliphatic carbocycles. The molecule has 3 aliphatic heterocycles. The van der Waals surface area contributed by atoms with Gasteiger partial charge in [-0.05, 0) is 79.2 Å². The molecular formula is C47H60N6O12S2Si. The molecule has 0 unspecified atom stereocenters. The number of rotatable bonds is 21. The topological polar surface area (TPSA) is 210 Å². The number of nitro groups is 1. The lowest BCUT2D eigenvalue weighted by Gasteiger charge is -2.38. The standard InChI is InChI=1S/C47H60N6O12S2Si/c1-29-19-32(28-65-68(8,9)47(3,4)5)51(26-29)44(55)34-22-39(61-7)41(24-36(34)50-46(57)64-17-18-66-67-42-14-13-31(25-48-42)53(58)59)63-16-12-10-11-15-62-40-23-35-33(21-38(40)60-6)45(56)52-27-30(2)20-37(52)43(54)49-35/h13-14,21-25,32,37H,1-2,10-12,15-20,26-28H2,3-9H3,(H,49,54)(H,50,57)/t32-,37-/m0/s1. The van der Waals surface area contributed by atoms with E-state index < -0.39 is 25.4 Å². The molecule has 0 saturated carbocycles. The van der Waals surface area contributed by atoms with Gasteiger partial charge in [0.15, 0.2) is 31.3 Å². The fourth-order valence-electron chi connectivity index (χ4n) is 7.47. The largest absolute Gasteiger partial charge is 0.493 e. The Hall–Kier alpha value is -5.77. The van der Waals surface area contributed by atoms with Crippen LogP contribution < -0.4 is 29.6 Å². The summed E-state index contributed by atoms with van der Waals surface area (Å²) in [6, 6.07) is 8.37. The fraction of sp³-hybridized carbons (Fsp3) is 0.468. The summed E-state index contributed by atoms with van der Waals surface area (Å²) in [4.78, 5) is 72.0. The Morgan fingerprint density at radius 2 is 1.62 bits per heavy atom. The van der Waals surface area contributed by atoms with Crippen molar-refractivity contribution in [2.45, 2.75) is 88.1 Å². The summed E-state index contributed by atoms with van der Waals surface area (Å²) in [5.41, 5.74) is 2.63. The maximum atomic E-state index is 14.5. The first-order valence-corrected chi connectivity index (χ1v) is 27.5. The number of likely N-dealkylation sites (tertiary alicyclic amines) is 1. The molecular weight excluding hydrogens is 933 g/mol. The van der Waals surface area contributed by atoms with Crippen LogP contribution in [0.15, 0.2) is 71.9 Å². The van der Waals surface area contributed by atoms with Crippen molar-refractivity contribution in [3.8, 4) is 23.0 Å². The number of aromatic nitrogens is 1. The van der Waals surface area contributed by atoms with Gasteiger partial charge in [-0.1, -0.05) is 55.9 Å². The highest BCUT2D eigenvalue weighted by Crippen LogP contribution is 2.41. The van der Waals surface area contributed by atoms with E-state index in [1.54, 1.807) is 35.2 Å². The zero-order chi connectivity index (χ0) is 49.3. The predicted octanol–water partition coefficient (Wildman–Crippen LogP) is 9.14. The SMILES string of the molecule is C=C1C[C@@H](CO[Si](C)(C)C(C)(C)C)N(C(=O)c2cc(OC)c(OCCCCCOc3cc4c(cc3OC)C(=O)N3CC(=C)C[C@H]3C(=O)N4)cc2NC(=O)OCCSSc2ccc([N+](=O)[O-])cn2)C1. The molecule has 6 rings (SSSR count). The number of anilines is 2. The third-order valence-electron chi connectivity index (χ3n) is 12.2. The summed E-state index contributed by atoms with van der Waals surface area (Å²) in [7, 11) is 3.47. The number of unbranched alkanes of at least 4 members (excludes halogenated alkanes) is 2. The Balaban J connectivity index is 1.09. The molecule has 3 aromatic rings. The first kappa shape index (κ1) is 51.6. The van der Waals surface area contributed by atoms with E-state index in [2.05, 4.69) is 62.6 Å². The number of pyridine rings is 1. The molecule has 4 amide bonds. The van der Waals surface area contributed by atoms with Crippen molar-refractivity contribution >= 4 is 70.8 Å². The number of benzene rings is 2. The van der Waals surface area contributed by atoms with Crippen LogP contribution in [0, 0.1) is 10.1 Å². The van der Waals surface area contributed by atoms with E-state index in [0.717, 1.165) is 11.1 Å². The Morgan fingerprint density at radius 1 is 0.941 bits per heavy atom. The van der Waals surface area contributed by atoms with Crippen molar-refractivity contribution in [3.63, 3.8) is 0 Å². The van der Waals surface area contributed by atoms with Gasteiger partial charge in [-0.25, -0.2) is 9.78 Å². The molecule has 4 heterocycles. The molecule has 2 atom stereocenters. The Labute approximate surface area is 405 Å². The minimum Gasteiger partial charge on any atom is -0.493 e. The molecule has 0 radical (unpaired) electrons. The maximum absolute atomic E-state index is 14.5. The highest BCUT2D eigenvalue weighted by molar-refractivity contribution is 8.76. The van der Waals surface area contributed by atoms with E-state index in [1.807, 2.05) is 0 Å². The van der Waals surface area contributed by atoms with Crippen LogP contribution in [0.1, 0.15) is 73.6 Å². The number of ether oxygens (including phenoxy) is 5. The van der Waals surface area contributed by atoms with Crippen LogP contribution in [0.5, 0.6) is 23.0 Å². The van der Waals surface area contributed by atoms with Crippen LogP contribution in [0.2, 0.25) is 18.1 Å². The normalized spacial score (nSPS) is 17.0. The van der Waals surface area contributed by atoms with Gasteiger partial charge < -0.3 is 43.2 Å². The van der Waals surface area contributed by atoms with Crippen LogP contribution >= 0.6 is 21.6 Å². The summed E-state index contributed by atoms with van der Waals surface area (Å²) >= 11 is 0. The number of methoxy groups -OCH3 is 2. The van der Waals surface area contributed by atoms with Gasteiger partial charge in [-0.2, -0.15) is 0 Å². The molecule has 21 heteroatoms. The maximum Gasteiger partial charge on any atom is 0.411 e. The van der Waals surface area contributed by atoms with E-state index in [9.17, 15) is 29.3 Å². The van der Waals surface area contributed by atoms with E-state index in [4.69, 9.17) is 28.1 Å². The van der Waals surface area contributed by atoms with E-state index in [0.29, 0.717) is 103 Å². The zero-order valence-electron chi connectivity index (χ0n) is 39.6. The smallest absolute Gasteiger partial charge is 0.411 e. The average molecular weight is 993 g/mol. The average Bonchev–Trinajstić information content (AvgIpc) is 3.86. The number of fused-ring (bicyclic) bond motifs is 2. The van der Waals surface area contributed by atoms with Gasteiger partial charge in [0.05, 0.1) is 67.5 Å². The Morgan fingerprint density at radius 3 is 2.26 bits per heavy atom. The summed E-state index contributed by atoms with van der Waals surface area (Å²) in [5.74, 6) is 0.847. The number of amides is 4. The van der Waals surface area contributed by atoms with Crippen LogP contribution in [0.4, 0.5) is 21.9 Å². The molecule has 68 heavy (non-hydrogen) atoms. The first-order chi connectivity index (χ1) is 32.3. The first-order valence-electron chi connectivity index (χ1n) is 22.2. The molecule has 366 valence electrons. The lowest BCUT2D eigenvalue weighted by Crippen LogP contribution is -2.46. The molecule has 18 nitrogen and oxygen atoms in total. The second kappa shape index (κ2) is 22.6. The number of nitrogens with zero attached hydrogens (tertiary/aromatic N) is 4. The minimum atomic E-state index is -2.14. The van der Waals surface area contributed by atoms with Gasteiger partial charge in [0.25, 0.3) is 17.5 Å². The molecule has 3 aliphatic rings. The second-order valence-electron chi connectivity index (χ2n) is 18.1. The summed E-state index contributed by atoms with van der Waals surface area (Å²) in [5, 5.41) is 17.1. The summed E-state index contributed by atoms with van der Waals surface area (Å²) < 4.78 is 35.6. The van der Waals surface area contributed by atoms with Crippen molar-refractivity contribution in [3.05, 3.63) is 88.1 Å². The fourth-order valence-corrected chi connectivity index (χ4v) is 10.2. The van der Waals surface area contributed by atoms with E-state index in [-0.39, 0.29) is 59.0 Å². The molecule has 2 aromatic carbocycles. The third kappa shape index (κ3) is 12.7. The minimum absolute atomic E-state index is 0.0211. The van der Waals surface area contributed by atoms with Crippen molar-refractivity contribution in [1.29, 1.82) is 0 Å². The van der Waals surface area contributed by atoms with Gasteiger partial charge in [0.2, 0.25) is 5.91 Å². The zero-order valence-corrected chi connectivity index (χ0v) is 42.2. The van der Waals surface area contributed by atoms with Gasteiger partial charge in [-0.15, -0.1) is 0 Å². The predicted molar refractivity (Wildman–Crippen MR) is 264 cm³/mol. The third-order valence-corrected chi connectivity index (χ3v) is 19.0. The van der Waals surface area contributed by atoms with Crippen molar-refractivity contribution < 1.29 is 52.2 Å². The molecule has 2 saturated heterocycles. The number of nitrogens with one attached hydrogen (secondary N) is 2. The number of hydrogen-bond donors (Lipinski definition) is 2. The molecule has 0 spiro atoms. The van der Waals surface area contributed by atoms with Gasteiger partial charge in [0, 0.05) is 37.0 Å². The molecule has 1 aromatic heterocycles. The van der Waals surface area contributed by atoms with Crippen molar-refractivity contribution in [2.24, 2.45) is 0 Å². The lowest BCUT2D eigenvalue weighted by atomic mass is 10.1. The Kier molecular flexibility index (Phi) is 17.1. The van der Waals surface area contributed by atoms with Crippen LogP contribution in [0.25, 0.3) is 0 Å². The highest BCUT2D eigenvalue weighted by atomic mass is 33.1. The number of hydrogen-bond acceptors (Lipinski definition) is 15. The van der Waals surface area contributed by atoms with Gasteiger partial charge >= 0.3 is 6.09 Å². The van der Waals surface area contributed by atoms with E-state index >= 15 is 0 Å². The van der Waals surface area contributed by atoms with Crippen LogP contribution in [-0.2, 0) is 14.0 Å². The van der Waals surface area contributed by atoms with Gasteiger partial charge in [0.1, 0.15) is 23.9 Å². The van der Waals surface area contributed by atoms with E-state index in [1.165, 1.54) is 53.0 Å². The lowest BCUT2D eigenvalue weighted by molar-refractivity contribution is -0.385. The second-order valence-corrected chi connectivity index (χ2v) is 25.4. The quantitative estimate of drug-likeness (QED) is 0.0255. The molecule has 0 bridgehead atoms. The summed E-state index contributed by atoms with van der Waals surface area (Å²) in [6.45, 7) is 20.6. The summed E-state index contributed by atoms with van der Waals surface area (Å²) in [6.07, 6.45) is 3.34.